The summed E-state index contributed by atoms with van der Waals surface area (Å²) < 4.78 is 5.91. The second-order valence-corrected chi connectivity index (χ2v) is 6.62. The molecule has 1 N–H and O–H groups in total. The molecule has 1 aliphatic rings. The molecule has 1 fully saturated rings. The molecule has 2 aromatic heterocycles. The average Bonchev–Trinajstić information content (AvgIpc) is 3.23. The van der Waals surface area contributed by atoms with Crippen molar-refractivity contribution in [1.29, 1.82) is 0 Å². The van der Waals surface area contributed by atoms with E-state index in [-0.39, 0.29) is 11.8 Å². The molecule has 0 aliphatic carbocycles. The molecule has 0 bridgehead atoms. The Morgan fingerprint density at radius 1 is 1.38 bits per heavy atom. The summed E-state index contributed by atoms with van der Waals surface area (Å²) in [4.78, 5) is 22.4. The third-order valence-corrected chi connectivity index (χ3v) is 4.90. The van der Waals surface area contributed by atoms with E-state index in [1.165, 1.54) is 0 Å². The highest BCUT2D eigenvalue weighted by atomic mass is 16.3. The Labute approximate surface area is 140 Å². The summed E-state index contributed by atoms with van der Waals surface area (Å²) in [6.07, 6.45) is 5.63. The molecular formula is C19H21N3O2. The van der Waals surface area contributed by atoms with Crippen LogP contribution in [0.3, 0.4) is 0 Å². The summed E-state index contributed by atoms with van der Waals surface area (Å²) in [7, 11) is 0. The maximum absolute atomic E-state index is 13.0. The number of nitrogens with one attached hydrogen (secondary N) is 1. The molecule has 3 heterocycles. The third kappa shape index (κ3) is 2.50. The fraction of sp³-hybridized carbons (Fsp3) is 0.368. The number of hydrogen-bond donors (Lipinski definition) is 1. The van der Waals surface area contributed by atoms with Gasteiger partial charge in [0.1, 0.15) is 11.4 Å². The van der Waals surface area contributed by atoms with Gasteiger partial charge in [-0.15, -0.1) is 0 Å². The number of amides is 1. The van der Waals surface area contributed by atoms with Gasteiger partial charge in [0.25, 0.3) is 5.91 Å². The standard InChI is InChI=1S/C19H21N3O2/c1-12-5-6-15-13(2)17(24-16(15)10-12)19(23)22-9-3-4-14(11-22)18-20-7-8-21-18/h5-8,10,14H,3-4,9,11H2,1-2H3,(H,20,21)/t14-/m1/s1. The van der Waals surface area contributed by atoms with Gasteiger partial charge in [0.05, 0.1) is 0 Å². The number of carbonyl (C=O) groups excluding carboxylic acids is 1. The van der Waals surface area contributed by atoms with Gasteiger partial charge in [0.2, 0.25) is 0 Å². The van der Waals surface area contributed by atoms with E-state index < -0.39 is 0 Å². The molecule has 4 rings (SSSR count). The summed E-state index contributed by atoms with van der Waals surface area (Å²) >= 11 is 0. The fourth-order valence-corrected chi connectivity index (χ4v) is 3.57. The van der Waals surface area contributed by atoms with Crippen LogP contribution in [-0.4, -0.2) is 33.9 Å². The monoisotopic (exact) mass is 323 g/mol. The number of nitrogens with zero attached hydrogens (tertiary/aromatic N) is 2. The van der Waals surface area contributed by atoms with Crippen LogP contribution in [-0.2, 0) is 0 Å². The second-order valence-electron chi connectivity index (χ2n) is 6.62. The minimum absolute atomic E-state index is 0.0161. The number of fused-ring (bicyclic) bond motifs is 1. The maximum Gasteiger partial charge on any atom is 0.289 e. The quantitative estimate of drug-likeness (QED) is 0.780. The van der Waals surface area contributed by atoms with Crippen molar-refractivity contribution in [2.24, 2.45) is 0 Å². The molecule has 0 unspecified atom stereocenters. The minimum atomic E-state index is -0.0161. The highest BCUT2D eigenvalue weighted by Crippen LogP contribution is 2.30. The number of aryl methyl sites for hydroxylation is 2. The molecule has 0 saturated carbocycles. The molecule has 1 saturated heterocycles. The molecule has 24 heavy (non-hydrogen) atoms. The van der Waals surface area contributed by atoms with E-state index in [1.807, 2.05) is 43.1 Å². The lowest BCUT2D eigenvalue weighted by atomic mass is 9.97. The van der Waals surface area contributed by atoms with E-state index >= 15 is 0 Å². The lowest BCUT2D eigenvalue weighted by Crippen LogP contribution is -2.39. The van der Waals surface area contributed by atoms with Crippen molar-refractivity contribution >= 4 is 16.9 Å². The van der Waals surface area contributed by atoms with E-state index in [9.17, 15) is 4.79 Å². The number of rotatable bonds is 2. The van der Waals surface area contributed by atoms with Crippen LogP contribution in [0.5, 0.6) is 0 Å². The first-order valence-corrected chi connectivity index (χ1v) is 8.42. The van der Waals surface area contributed by atoms with Crippen LogP contribution in [0.15, 0.2) is 35.0 Å². The van der Waals surface area contributed by atoms with Gasteiger partial charge in [-0.3, -0.25) is 4.79 Å². The molecular weight excluding hydrogens is 302 g/mol. The smallest absolute Gasteiger partial charge is 0.289 e. The Balaban J connectivity index is 1.62. The van der Waals surface area contributed by atoms with Crippen molar-refractivity contribution in [3.8, 4) is 0 Å². The van der Waals surface area contributed by atoms with Crippen LogP contribution in [0.4, 0.5) is 0 Å². The first-order chi connectivity index (χ1) is 11.6. The predicted molar refractivity (Wildman–Crippen MR) is 92.2 cm³/mol. The summed E-state index contributed by atoms with van der Waals surface area (Å²) in [5.41, 5.74) is 2.84. The predicted octanol–water partition coefficient (Wildman–Crippen LogP) is 3.79. The number of carbonyl (C=O) groups is 1. The van der Waals surface area contributed by atoms with Gasteiger partial charge in [-0.2, -0.15) is 0 Å². The van der Waals surface area contributed by atoms with Crippen molar-refractivity contribution in [1.82, 2.24) is 14.9 Å². The molecule has 5 nitrogen and oxygen atoms in total. The van der Waals surface area contributed by atoms with Crippen LogP contribution in [0.1, 0.15) is 46.3 Å². The van der Waals surface area contributed by atoms with Crippen LogP contribution in [0.2, 0.25) is 0 Å². The van der Waals surface area contributed by atoms with Gasteiger partial charge in [-0.05, 0) is 38.3 Å². The summed E-state index contributed by atoms with van der Waals surface area (Å²) in [6, 6.07) is 6.07. The van der Waals surface area contributed by atoms with E-state index in [2.05, 4.69) is 9.97 Å². The average molecular weight is 323 g/mol. The van der Waals surface area contributed by atoms with Crippen molar-refractivity contribution in [3.05, 3.63) is 53.3 Å². The summed E-state index contributed by atoms with van der Waals surface area (Å²) in [5, 5.41) is 1.02. The SMILES string of the molecule is Cc1ccc2c(C)c(C(=O)N3CCC[C@@H](c4ncc[nH]4)C3)oc2c1. The lowest BCUT2D eigenvalue weighted by molar-refractivity contribution is 0.0674. The van der Waals surface area contributed by atoms with Crippen molar-refractivity contribution in [2.75, 3.05) is 13.1 Å². The molecule has 1 atom stereocenters. The largest absolute Gasteiger partial charge is 0.451 e. The summed E-state index contributed by atoms with van der Waals surface area (Å²) in [5.74, 6) is 1.68. The maximum atomic E-state index is 13.0. The molecule has 1 aromatic carbocycles. The molecule has 0 radical (unpaired) electrons. The van der Waals surface area contributed by atoms with Crippen LogP contribution >= 0.6 is 0 Å². The van der Waals surface area contributed by atoms with E-state index in [4.69, 9.17) is 4.42 Å². The van der Waals surface area contributed by atoms with Crippen molar-refractivity contribution < 1.29 is 9.21 Å². The highest BCUT2D eigenvalue weighted by Gasteiger charge is 2.29. The summed E-state index contributed by atoms with van der Waals surface area (Å²) in [6.45, 7) is 5.44. The highest BCUT2D eigenvalue weighted by molar-refractivity contribution is 5.99. The first kappa shape index (κ1) is 15.0. The number of aromatic amines is 1. The molecule has 124 valence electrons. The number of hydrogen-bond acceptors (Lipinski definition) is 3. The Morgan fingerprint density at radius 2 is 2.25 bits per heavy atom. The first-order valence-electron chi connectivity index (χ1n) is 8.42. The van der Waals surface area contributed by atoms with Gasteiger partial charge in [-0.1, -0.05) is 12.1 Å². The van der Waals surface area contributed by atoms with Crippen LogP contribution < -0.4 is 0 Å². The van der Waals surface area contributed by atoms with E-state index in [0.29, 0.717) is 12.3 Å². The molecule has 5 heteroatoms. The molecule has 1 amide bonds. The molecule has 0 spiro atoms. The topological polar surface area (TPSA) is 62.1 Å². The number of benzene rings is 1. The van der Waals surface area contributed by atoms with E-state index in [1.54, 1.807) is 6.20 Å². The number of likely N-dealkylation sites (tertiary alicyclic amines) is 1. The van der Waals surface area contributed by atoms with Crippen molar-refractivity contribution in [3.63, 3.8) is 0 Å². The third-order valence-electron chi connectivity index (χ3n) is 4.90. The van der Waals surface area contributed by atoms with E-state index in [0.717, 1.165) is 47.3 Å². The number of furan rings is 1. The Hall–Kier alpha value is -2.56. The molecule has 1 aliphatic heterocycles. The van der Waals surface area contributed by atoms with Crippen molar-refractivity contribution in [2.45, 2.75) is 32.6 Å². The number of imidazole rings is 1. The fourth-order valence-electron chi connectivity index (χ4n) is 3.57. The number of H-pyrrole nitrogens is 1. The zero-order valence-corrected chi connectivity index (χ0v) is 14.0. The normalized spacial score (nSPS) is 18.2. The lowest BCUT2D eigenvalue weighted by Gasteiger charge is -2.31. The van der Waals surface area contributed by atoms with Gasteiger partial charge >= 0.3 is 0 Å². The molecule has 3 aromatic rings. The van der Waals surface area contributed by atoms with Crippen LogP contribution in [0.25, 0.3) is 11.0 Å². The van der Waals surface area contributed by atoms with Gasteiger partial charge in [-0.25, -0.2) is 4.98 Å². The zero-order valence-electron chi connectivity index (χ0n) is 14.0. The second kappa shape index (κ2) is 5.82. The number of piperidine rings is 1. The van der Waals surface area contributed by atoms with Gasteiger partial charge < -0.3 is 14.3 Å². The van der Waals surface area contributed by atoms with Crippen LogP contribution in [0, 0.1) is 13.8 Å². The van der Waals surface area contributed by atoms with Gasteiger partial charge in [0, 0.05) is 42.4 Å². The zero-order chi connectivity index (χ0) is 16.7. The Bertz CT molecular complexity index is 880. The van der Waals surface area contributed by atoms with Gasteiger partial charge in [0.15, 0.2) is 5.76 Å². The Morgan fingerprint density at radius 3 is 3.04 bits per heavy atom. The Kier molecular flexibility index (Phi) is 3.63. The number of aromatic nitrogens is 2. The minimum Gasteiger partial charge on any atom is -0.451 e.